The molecule has 0 spiro atoms. The Morgan fingerprint density at radius 3 is 2.62 bits per heavy atom. The van der Waals surface area contributed by atoms with E-state index < -0.39 is 0 Å². The first-order valence-corrected chi connectivity index (χ1v) is 9.97. The van der Waals surface area contributed by atoms with Crippen molar-refractivity contribution < 1.29 is 9.18 Å². The van der Waals surface area contributed by atoms with Crippen LogP contribution in [0.4, 0.5) is 4.39 Å². The predicted molar refractivity (Wildman–Crippen MR) is 106 cm³/mol. The van der Waals surface area contributed by atoms with Crippen LogP contribution >= 0.6 is 0 Å². The van der Waals surface area contributed by atoms with Crippen LogP contribution < -0.4 is 0 Å². The summed E-state index contributed by atoms with van der Waals surface area (Å²) >= 11 is 0. The second-order valence-corrected chi connectivity index (χ2v) is 8.05. The minimum Gasteiger partial charge on any atom is -0.335 e. The van der Waals surface area contributed by atoms with Gasteiger partial charge in [0.2, 0.25) is 0 Å². The highest BCUT2D eigenvalue weighted by atomic mass is 19.1. The summed E-state index contributed by atoms with van der Waals surface area (Å²) in [6, 6.07) is 6.59. The van der Waals surface area contributed by atoms with E-state index in [4.69, 9.17) is 0 Å². The molecule has 2 aromatic heterocycles. The standard InChI is InChI=1S/C22H22FN5O/c1-13-10-24-22(26-20(13)16-4-6-17(23)7-5-16)28-14(2)19(11-25-28)21(29)27-12-15-3-8-18(27)9-15/h4-7,10-11,15,18H,3,8-9,12H2,1-2H3/t15-,18-/m0/s1. The summed E-state index contributed by atoms with van der Waals surface area (Å²) in [6.45, 7) is 4.63. The van der Waals surface area contributed by atoms with Crippen molar-refractivity contribution in [1.29, 1.82) is 0 Å². The van der Waals surface area contributed by atoms with Crippen LogP contribution in [-0.4, -0.2) is 43.1 Å². The summed E-state index contributed by atoms with van der Waals surface area (Å²) in [5.41, 5.74) is 3.74. The molecular formula is C22H22FN5O. The first-order chi connectivity index (χ1) is 14.0. The van der Waals surface area contributed by atoms with Gasteiger partial charge in [-0.1, -0.05) is 0 Å². The number of carbonyl (C=O) groups is 1. The number of aryl methyl sites for hydroxylation is 1. The van der Waals surface area contributed by atoms with Gasteiger partial charge in [0.05, 0.1) is 23.1 Å². The molecule has 148 valence electrons. The third kappa shape index (κ3) is 3.01. The van der Waals surface area contributed by atoms with E-state index in [9.17, 15) is 9.18 Å². The third-order valence-corrected chi connectivity index (χ3v) is 6.18. The number of rotatable bonds is 3. The Labute approximate surface area is 168 Å². The molecule has 0 N–H and O–H groups in total. The topological polar surface area (TPSA) is 63.9 Å². The molecule has 2 aliphatic rings. The van der Waals surface area contributed by atoms with Gasteiger partial charge in [0, 0.05) is 24.3 Å². The van der Waals surface area contributed by atoms with E-state index >= 15 is 0 Å². The van der Waals surface area contributed by atoms with Crippen molar-refractivity contribution in [1.82, 2.24) is 24.6 Å². The van der Waals surface area contributed by atoms with Gasteiger partial charge in [-0.05, 0) is 68.9 Å². The molecule has 1 aliphatic carbocycles. The Balaban J connectivity index is 1.48. The number of carbonyl (C=O) groups excluding carboxylic acids is 1. The van der Waals surface area contributed by atoms with Gasteiger partial charge in [-0.3, -0.25) is 4.79 Å². The molecule has 1 aromatic carbocycles. The number of piperidine rings is 1. The van der Waals surface area contributed by atoms with Gasteiger partial charge in [-0.25, -0.2) is 19.0 Å². The van der Waals surface area contributed by atoms with Gasteiger partial charge < -0.3 is 4.90 Å². The smallest absolute Gasteiger partial charge is 0.257 e. The lowest BCUT2D eigenvalue weighted by Gasteiger charge is -2.26. The molecule has 1 saturated carbocycles. The molecule has 5 rings (SSSR count). The minimum absolute atomic E-state index is 0.0480. The number of amides is 1. The fraction of sp³-hybridized carbons (Fsp3) is 0.364. The highest BCUT2D eigenvalue weighted by molar-refractivity contribution is 5.95. The lowest BCUT2D eigenvalue weighted by atomic mass is 10.1. The zero-order chi connectivity index (χ0) is 20.1. The van der Waals surface area contributed by atoms with Gasteiger partial charge in [0.25, 0.3) is 11.9 Å². The van der Waals surface area contributed by atoms with Crippen molar-refractivity contribution in [3.05, 3.63) is 59.3 Å². The molecule has 2 fully saturated rings. The van der Waals surface area contributed by atoms with E-state index in [-0.39, 0.29) is 11.7 Å². The van der Waals surface area contributed by atoms with Crippen LogP contribution in [0.25, 0.3) is 17.2 Å². The second-order valence-electron chi connectivity index (χ2n) is 8.05. The van der Waals surface area contributed by atoms with Crippen molar-refractivity contribution in [2.45, 2.75) is 39.2 Å². The van der Waals surface area contributed by atoms with Gasteiger partial charge in [0.1, 0.15) is 5.82 Å². The maximum atomic E-state index is 13.3. The van der Waals surface area contributed by atoms with Crippen molar-refractivity contribution in [3.8, 4) is 17.2 Å². The van der Waals surface area contributed by atoms with Gasteiger partial charge >= 0.3 is 0 Å². The Kier molecular flexibility index (Phi) is 4.19. The molecule has 1 aliphatic heterocycles. The number of likely N-dealkylation sites (tertiary alicyclic amines) is 1. The first-order valence-electron chi connectivity index (χ1n) is 9.97. The predicted octanol–water partition coefficient (Wildman–Crippen LogP) is 3.71. The average molecular weight is 391 g/mol. The Morgan fingerprint density at radius 2 is 1.93 bits per heavy atom. The molecule has 0 radical (unpaired) electrons. The molecule has 2 atom stereocenters. The van der Waals surface area contributed by atoms with Crippen LogP contribution in [0.3, 0.4) is 0 Å². The molecule has 1 amide bonds. The van der Waals surface area contributed by atoms with E-state index in [1.807, 2.05) is 18.7 Å². The van der Waals surface area contributed by atoms with Crippen molar-refractivity contribution in [2.24, 2.45) is 5.92 Å². The minimum atomic E-state index is -0.289. The molecule has 0 unspecified atom stereocenters. The molecule has 6 nitrogen and oxygen atoms in total. The Hall–Kier alpha value is -3.09. The maximum Gasteiger partial charge on any atom is 0.257 e. The quantitative estimate of drug-likeness (QED) is 0.683. The van der Waals surface area contributed by atoms with Crippen LogP contribution in [0, 0.1) is 25.6 Å². The Bertz CT molecular complexity index is 1090. The van der Waals surface area contributed by atoms with E-state index in [0.717, 1.165) is 41.9 Å². The largest absolute Gasteiger partial charge is 0.335 e. The van der Waals surface area contributed by atoms with E-state index in [1.165, 1.54) is 18.6 Å². The molecule has 7 heteroatoms. The summed E-state index contributed by atoms with van der Waals surface area (Å²) in [4.78, 5) is 24.1. The number of benzene rings is 1. The summed E-state index contributed by atoms with van der Waals surface area (Å²) in [5.74, 6) is 0.807. The molecular weight excluding hydrogens is 369 g/mol. The summed E-state index contributed by atoms with van der Waals surface area (Å²) < 4.78 is 14.9. The lowest BCUT2D eigenvalue weighted by Crippen LogP contribution is -2.37. The number of nitrogens with zero attached hydrogens (tertiary/aromatic N) is 5. The normalized spacial score (nSPS) is 20.4. The van der Waals surface area contributed by atoms with Crippen molar-refractivity contribution in [2.75, 3.05) is 6.54 Å². The fourth-order valence-electron chi connectivity index (χ4n) is 4.58. The molecule has 1 saturated heterocycles. The SMILES string of the molecule is Cc1cnc(-n2ncc(C(=O)N3C[C@H]4CC[C@H]3C4)c2C)nc1-c1ccc(F)cc1. The lowest BCUT2D eigenvalue weighted by molar-refractivity contribution is 0.0703. The highest BCUT2D eigenvalue weighted by Gasteiger charge is 2.41. The molecule has 3 heterocycles. The number of aromatic nitrogens is 4. The number of fused-ring (bicyclic) bond motifs is 2. The second kappa shape index (κ2) is 6.76. The van der Waals surface area contributed by atoms with Crippen LogP contribution in [-0.2, 0) is 0 Å². The van der Waals surface area contributed by atoms with E-state index in [1.54, 1.807) is 29.2 Å². The summed E-state index contributed by atoms with van der Waals surface area (Å²) in [6.07, 6.45) is 6.80. The van der Waals surface area contributed by atoms with Crippen LogP contribution in [0.2, 0.25) is 0 Å². The van der Waals surface area contributed by atoms with Crippen molar-refractivity contribution >= 4 is 5.91 Å². The summed E-state index contributed by atoms with van der Waals surface area (Å²) in [5, 5.41) is 4.40. The van der Waals surface area contributed by atoms with Gasteiger partial charge in [-0.15, -0.1) is 0 Å². The number of hydrogen-bond donors (Lipinski definition) is 0. The third-order valence-electron chi connectivity index (χ3n) is 6.18. The number of hydrogen-bond acceptors (Lipinski definition) is 4. The monoisotopic (exact) mass is 391 g/mol. The van der Waals surface area contributed by atoms with E-state index in [2.05, 4.69) is 15.1 Å². The van der Waals surface area contributed by atoms with Gasteiger partial charge in [-0.2, -0.15) is 5.10 Å². The van der Waals surface area contributed by atoms with Crippen LogP contribution in [0.5, 0.6) is 0 Å². The maximum absolute atomic E-state index is 13.3. The fourth-order valence-corrected chi connectivity index (χ4v) is 4.58. The number of halogens is 1. The van der Waals surface area contributed by atoms with Gasteiger partial charge in [0.15, 0.2) is 0 Å². The molecule has 3 aromatic rings. The van der Waals surface area contributed by atoms with Crippen LogP contribution in [0.15, 0.2) is 36.7 Å². The highest BCUT2D eigenvalue weighted by Crippen LogP contribution is 2.38. The van der Waals surface area contributed by atoms with Crippen molar-refractivity contribution in [3.63, 3.8) is 0 Å². The zero-order valence-electron chi connectivity index (χ0n) is 16.5. The average Bonchev–Trinajstić information content (AvgIpc) is 3.45. The zero-order valence-corrected chi connectivity index (χ0v) is 16.5. The van der Waals surface area contributed by atoms with E-state index in [0.29, 0.717) is 23.5 Å². The Morgan fingerprint density at radius 1 is 1.14 bits per heavy atom. The molecule has 29 heavy (non-hydrogen) atoms. The first kappa shape index (κ1) is 18.0. The molecule has 2 bridgehead atoms. The van der Waals surface area contributed by atoms with Crippen LogP contribution in [0.1, 0.15) is 40.9 Å². The summed E-state index contributed by atoms with van der Waals surface area (Å²) in [7, 11) is 0.